The van der Waals surface area contributed by atoms with Crippen molar-refractivity contribution in [2.75, 3.05) is 12.4 Å². The van der Waals surface area contributed by atoms with Crippen molar-refractivity contribution < 1.29 is 9.53 Å². The van der Waals surface area contributed by atoms with Gasteiger partial charge >= 0.3 is 0 Å². The first-order valence-corrected chi connectivity index (χ1v) is 9.26. The van der Waals surface area contributed by atoms with E-state index < -0.39 is 5.91 Å². The lowest BCUT2D eigenvalue weighted by molar-refractivity contribution is -0.112. The van der Waals surface area contributed by atoms with Gasteiger partial charge in [0.05, 0.1) is 15.2 Å². The van der Waals surface area contributed by atoms with Gasteiger partial charge in [0, 0.05) is 5.69 Å². The molecule has 2 aromatic rings. The molecule has 0 aliphatic carbocycles. The number of nitrogens with one attached hydrogen (secondary N) is 1. The lowest BCUT2D eigenvalue weighted by atomic mass is 10.1. The smallest absolute Gasteiger partial charge is 0.266 e. The Morgan fingerprint density at radius 2 is 2.04 bits per heavy atom. The number of hydrogen-bond acceptors (Lipinski definition) is 3. The second kappa shape index (κ2) is 8.50. The van der Waals surface area contributed by atoms with Crippen LogP contribution in [0.2, 0.25) is 0 Å². The minimum absolute atomic E-state index is 0.0350. The molecule has 0 saturated heterocycles. The monoisotopic (exact) mass is 510 g/mol. The van der Waals surface area contributed by atoms with E-state index in [2.05, 4.69) is 43.8 Å². The van der Waals surface area contributed by atoms with Gasteiger partial charge in [0.2, 0.25) is 0 Å². The molecule has 0 heterocycles. The highest BCUT2D eigenvalue weighted by Gasteiger charge is 2.13. The highest BCUT2D eigenvalue weighted by Crippen LogP contribution is 2.32. The first kappa shape index (κ1) is 19.5. The van der Waals surface area contributed by atoms with Crippen LogP contribution in [0.5, 0.6) is 5.75 Å². The maximum absolute atomic E-state index is 12.4. The van der Waals surface area contributed by atoms with Crippen LogP contribution in [0.15, 0.2) is 40.4 Å². The Morgan fingerprint density at radius 3 is 2.60 bits per heavy atom. The van der Waals surface area contributed by atoms with Crippen molar-refractivity contribution >= 4 is 56.2 Å². The fourth-order valence-corrected chi connectivity index (χ4v) is 4.20. The van der Waals surface area contributed by atoms with Crippen molar-refractivity contribution in [3.8, 4) is 11.8 Å². The molecule has 128 valence electrons. The normalized spacial score (nSPS) is 11.0. The molecule has 25 heavy (non-hydrogen) atoms. The highest BCUT2D eigenvalue weighted by molar-refractivity contribution is 14.1. The summed E-state index contributed by atoms with van der Waals surface area (Å²) in [6.07, 6.45) is 1.56. The number of rotatable bonds is 4. The van der Waals surface area contributed by atoms with E-state index in [1.165, 1.54) is 0 Å². The van der Waals surface area contributed by atoms with Crippen molar-refractivity contribution in [3.05, 3.63) is 60.6 Å². The number of halogens is 2. The third-order valence-electron chi connectivity index (χ3n) is 3.53. The fourth-order valence-electron chi connectivity index (χ4n) is 2.32. The van der Waals surface area contributed by atoms with Crippen LogP contribution < -0.4 is 10.1 Å². The molecule has 0 saturated carbocycles. The molecule has 6 heteroatoms. The fraction of sp³-hybridized carbons (Fsp3) is 0.158. The highest BCUT2D eigenvalue weighted by atomic mass is 127. The second-order valence-corrected chi connectivity index (χ2v) is 7.48. The Hall–Kier alpha value is -1.85. The van der Waals surface area contributed by atoms with E-state index in [1.54, 1.807) is 13.2 Å². The molecule has 0 radical (unpaired) electrons. The maximum Gasteiger partial charge on any atom is 0.266 e. The molecule has 0 spiro atoms. The summed E-state index contributed by atoms with van der Waals surface area (Å²) < 4.78 is 6.94. The Labute approximate surface area is 169 Å². The summed E-state index contributed by atoms with van der Waals surface area (Å²) in [4.78, 5) is 12.4. The molecule has 0 bridgehead atoms. The predicted molar refractivity (Wildman–Crippen MR) is 112 cm³/mol. The number of nitrogens with zero attached hydrogens (tertiary/aromatic N) is 1. The molecule has 0 aliphatic heterocycles. The SMILES string of the molecule is COc1c(Br)cc(/C=C(\C#N)C(=O)Nc2ccc(C)cc2C)cc1I. The average Bonchev–Trinajstić information content (AvgIpc) is 2.55. The van der Waals surface area contributed by atoms with Crippen molar-refractivity contribution in [1.82, 2.24) is 0 Å². The van der Waals surface area contributed by atoms with Crippen LogP contribution in [0.1, 0.15) is 16.7 Å². The zero-order chi connectivity index (χ0) is 18.6. The van der Waals surface area contributed by atoms with E-state index in [9.17, 15) is 10.1 Å². The quantitative estimate of drug-likeness (QED) is 0.348. The molecule has 0 fully saturated rings. The van der Waals surface area contributed by atoms with Crippen LogP contribution in [0.3, 0.4) is 0 Å². The summed E-state index contributed by atoms with van der Waals surface area (Å²) in [5.41, 5.74) is 3.54. The Bertz CT molecular complexity index is 878. The van der Waals surface area contributed by atoms with Crippen LogP contribution in [-0.4, -0.2) is 13.0 Å². The zero-order valence-corrected chi connectivity index (χ0v) is 17.7. The molecule has 1 N–H and O–H groups in total. The number of carbonyl (C=O) groups is 1. The Morgan fingerprint density at radius 1 is 1.32 bits per heavy atom. The van der Waals surface area contributed by atoms with Crippen molar-refractivity contribution in [2.24, 2.45) is 0 Å². The number of anilines is 1. The van der Waals surface area contributed by atoms with E-state index in [-0.39, 0.29) is 5.57 Å². The summed E-state index contributed by atoms with van der Waals surface area (Å²) in [6.45, 7) is 3.91. The van der Waals surface area contributed by atoms with Gasteiger partial charge in [-0.05, 0) is 87.8 Å². The first-order chi connectivity index (χ1) is 11.8. The zero-order valence-electron chi connectivity index (χ0n) is 14.0. The molecular weight excluding hydrogens is 495 g/mol. The van der Waals surface area contributed by atoms with Crippen molar-refractivity contribution in [1.29, 1.82) is 5.26 Å². The average molecular weight is 511 g/mol. The minimum Gasteiger partial charge on any atom is -0.494 e. The lowest BCUT2D eigenvalue weighted by Crippen LogP contribution is -2.14. The Kier molecular flexibility index (Phi) is 6.62. The molecule has 0 aliphatic rings. The maximum atomic E-state index is 12.4. The molecule has 0 unspecified atom stereocenters. The van der Waals surface area contributed by atoms with Crippen molar-refractivity contribution in [3.63, 3.8) is 0 Å². The summed E-state index contributed by atoms with van der Waals surface area (Å²) in [7, 11) is 1.59. The third kappa shape index (κ3) is 4.83. The Balaban J connectivity index is 2.31. The molecule has 1 amide bonds. The number of carbonyl (C=O) groups excluding carboxylic acids is 1. The van der Waals surface area contributed by atoms with E-state index >= 15 is 0 Å². The van der Waals surface area contributed by atoms with Gasteiger partial charge in [-0.15, -0.1) is 0 Å². The number of methoxy groups -OCH3 is 1. The number of hydrogen-bond donors (Lipinski definition) is 1. The van der Waals surface area contributed by atoms with Gasteiger partial charge in [-0.3, -0.25) is 4.79 Å². The summed E-state index contributed by atoms with van der Waals surface area (Å²) >= 11 is 5.58. The van der Waals surface area contributed by atoms with E-state index in [0.29, 0.717) is 5.69 Å². The van der Waals surface area contributed by atoms with Crippen LogP contribution in [0, 0.1) is 28.7 Å². The summed E-state index contributed by atoms with van der Waals surface area (Å²) in [6, 6.07) is 11.4. The molecule has 4 nitrogen and oxygen atoms in total. The van der Waals surface area contributed by atoms with Gasteiger partial charge < -0.3 is 10.1 Å². The van der Waals surface area contributed by atoms with Gasteiger partial charge in [0.1, 0.15) is 17.4 Å². The summed E-state index contributed by atoms with van der Waals surface area (Å²) in [5, 5.41) is 12.2. The van der Waals surface area contributed by atoms with E-state index in [1.807, 2.05) is 50.2 Å². The van der Waals surface area contributed by atoms with Gasteiger partial charge in [-0.25, -0.2) is 0 Å². The lowest BCUT2D eigenvalue weighted by Gasteiger charge is -2.09. The van der Waals surface area contributed by atoms with Crippen LogP contribution >= 0.6 is 38.5 Å². The molecule has 2 rings (SSSR count). The number of nitriles is 1. The van der Waals surface area contributed by atoms with Crippen LogP contribution in [0.25, 0.3) is 6.08 Å². The topological polar surface area (TPSA) is 62.1 Å². The minimum atomic E-state index is -0.434. The van der Waals surface area contributed by atoms with Crippen molar-refractivity contribution in [2.45, 2.75) is 13.8 Å². The standard InChI is InChI=1S/C19H16BrIN2O2/c1-11-4-5-17(12(2)6-11)23-19(24)14(10-22)7-13-8-15(20)18(25-3)16(21)9-13/h4-9H,1-3H3,(H,23,24)/b14-7+. The molecule has 0 atom stereocenters. The van der Waals surface area contributed by atoms with Crippen LogP contribution in [-0.2, 0) is 4.79 Å². The van der Waals surface area contributed by atoms with E-state index in [4.69, 9.17) is 4.74 Å². The third-order valence-corrected chi connectivity index (χ3v) is 4.92. The van der Waals surface area contributed by atoms with Gasteiger partial charge in [-0.1, -0.05) is 17.7 Å². The largest absolute Gasteiger partial charge is 0.494 e. The number of aryl methyl sites for hydroxylation is 2. The van der Waals surface area contributed by atoms with E-state index in [0.717, 1.165) is 30.5 Å². The molecule has 2 aromatic carbocycles. The molecular formula is C19H16BrIN2O2. The number of ether oxygens (including phenoxy) is 1. The second-order valence-electron chi connectivity index (χ2n) is 5.46. The predicted octanol–water partition coefficient (Wildman–Crippen LogP) is 5.22. The van der Waals surface area contributed by atoms with Crippen LogP contribution in [0.4, 0.5) is 5.69 Å². The first-order valence-electron chi connectivity index (χ1n) is 7.39. The van der Waals surface area contributed by atoms with Gasteiger partial charge in [-0.2, -0.15) is 5.26 Å². The number of benzene rings is 2. The van der Waals surface area contributed by atoms with Gasteiger partial charge in [0.15, 0.2) is 0 Å². The summed E-state index contributed by atoms with van der Waals surface area (Å²) in [5.74, 6) is 0.285. The number of amides is 1. The molecule has 0 aromatic heterocycles. The van der Waals surface area contributed by atoms with Gasteiger partial charge in [0.25, 0.3) is 5.91 Å².